The van der Waals surface area contributed by atoms with Gasteiger partial charge in [-0.05, 0) is 175 Å². The van der Waals surface area contributed by atoms with E-state index in [1.165, 1.54) is 4.52 Å². The number of methoxy groups -OCH3 is 3. The number of aryl methyl sites for hydroxylation is 7. The summed E-state index contributed by atoms with van der Waals surface area (Å²) in [7, 11) is 0.436. The number of ether oxygens (including phenoxy) is 3. The van der Waals surface area contributed by atoms with Gasteiger partial charge in [-0.25, -0.2) is 0 Å². The van der Waals surface area contributed by atoms with Crippen molar-refractivity contribution < 1.29 is 23.3 Å². The van der Waals surface area contributed by atoms with Crippen LogP contribution < -0.4 is 52.2 Å². The van der Waals surface area contributed by atoms with E-state index in [4.69, 9.17) is 25.7 Å². The number of benzene rings is 5. The van der Waals surface area contributed by atoms with Crippen LogP contribution in [0, 0.1) is 48.5 Å². The lowest BCUT2D eigenvalue weighted by Gasteiger charge is -2.14. The highest BCUT2D eigenvalue weighted by Gasteiger charge is 2.17. The van der Waals surface area contributed by atoms with Crippen LogP contribution in [0.1, 0.15) is 40.2 Å². The first kappa shape index (κ1) is 62.5. The molecule has 11 aromatic rings. The molecule has 25 nitrogen and oxygen atoms in total. The molecule has 6 heterocycles. The minimum Gasteiger partial charge on any atom is -0.496 e. The van der Waals surface area contributed by atoms with Gasteiger partial charge in [-0.2, -0.15) is 58.4 Å². The Kier molecular flexibility index (Phi) is 20.3. The molecule has 0 saturated heterocycles. The number of nitrogens with one attached hydrogen (secondary N) is 3. The molecule has 28 heteroatoms. The van der Waals surface area contributed by atoms with Gasteiger partial charge in [0.15, 0.2) is 0 Å². The minimum atomic E-state index is -2.33. The number of anilines is 8. The van der Waals surface area contributed by atoms with Crippen LogP contribution in [0.4, 0.5) is 46.5 Å². The standard InChI is InChI=1S/C21H24N7O2P.C13H14N6O.C9H14NOP.C7H7BrO.C6H8N6/c1-13-12-15(31(4,5)29)10-11-16(13)23-19-25-20-22-14(2)27-28(20)21(26-19)24-17-8-6-7-9-18(17)30-3;1-8-14-12-16-9(2)18-19(12)13(15-8)17-10-6-4-5-7-11(10)20-3;1-7-6-8(12(2,3)11)4-5-9(7)10;1-9-7-5-3-2-4-6(7)8;1-3-8-5(7)12-6(9-3)10-4(2)11-12/h6-12H,1-5H3,(H2,22,23,24,25,26,27);4-7H,1-3H3,(H,14,15,16,17,18);4-6H,10H2,1-3H3;2-5H,1H3;1-2H3,(H2,7,8,9,10,11). The number of fused-ring (bicyclic) bond motifs is 3. The number of nitrogens with zero attached hydrogens (tertiary/aromatic N) is 15. The summed E-state index contributed by atoms with van der Waals surface area (Å²) in [5.74, 6) is 8.49. The van der Waals surface area contributed by atoms with Crippen LogP contribution in [0.25, 0.3) is 17.3 Å². The number of hydrogen-bond donors (Lipinski definition) is 5. The van der Waals surface area contributed by atoms with Crippen LogP contribution >= 0.6 is 30.2 Å². The molecule has 0 atom stereocenters. The molecule has 0 aliphatic carbocycles. The predicted molar refractivity (Wildman–Crippen MR) is 335 cm³/mol. The third kappa shape index (κ3) is 16.3. The molecule has 0 spiro atoms. The van der Waals surface area contributed by atoms with Crippen LogP contribution in [0.2, 0.25) is 0 Å². The molecule has 0 amide bonds. The van der Waals surface area contributed by atoms with E-state index in [-0.39, 0.29) is 0 Å². The zero-order valence-corrected chi connectivity index (χ0v) is 52.4. The van der Waals surface area contributed by atoms with E-state index in [1.807, 2.05) is 137 Å². The lowest BCUT2D eigenvalue weighted by Crippen LogP contribution is -2.10. The summed E-state index contributed by atoms with van der Waals surface area (Å²) in [6, 6.07) is 34.1. The Morgan fingerprint density at radius 3 is 1.33 bits per heavy atom. The highest BCUT2D eigenvalue weighted by molar-refractivity contribution is 9.10. The van der Waals surface area contributed by atoms with Crippen LogP contribution in [-0.4, -0.2) is 122 Å². The van der Waals surface area contributed by atoms with Gasteiger partial charge in [0.25, 0.3) is 17.3 Å². The van der Waals surface area contributed by atoms with Gasteiger partial charge in [0.1, 0.15) is 60.7 Å². The fourth-order valence-corrected chi connectivity index (χ4v) is 10.0. The van der Waals surface area contributed by atoms with Crippen LogP contribution in [0.5, 0.6) is 17.2 Å². The predicted octanol–water partition coefficient (Wildman–Crippen LogP) is 9.77. The van der Waals surface area contributed by atoms with Crippen molar-refractivity contribution >= 4 is 105 Å². The van der Waals surface area contributed by atoms with Crippen molar-refractivity contribution in [2.24, 2.45) is 0 Å². The van der Waals surface area contributed by atoms with Crippen LogP contribution in [0.3, 0.4) is 0 Å². The first-order valence-electron chi connectivity index (χ1n) is 25.8. The number of nitrogens with two attached hydrogens (primary N) is 2. The Hall–Kier alpha value is -9.12. The molecule has 0 aliphatic heterocycles. The lowest BCUT2D eigenvalue weighted by molar-refractivity contribution is 0.412. The Morgan fingerprint density at radius 1 is 0.440 bits per heavy atom. The maximum Gasteiger partial charge on any atom is 0.258 e. The lowest BCUT2D eigenvalue weighted by atomic mass is 10.2. The number of aromatic nitrogens is 15. The second-order valence-electron chi connectivity index (χ2n) is 19.4. The smallest absolute Gasteiger partial charge is 0.258 e. The maximum atomic E-state index is 12.4. The topological polar surface area (TPSA) is 318 Å². The average molecular weight is 1240 g/mol. The Balaban J connectivity index is 0.000000163. The molecule has 0 fully saturated rings. The van der Waals surface area contributed by atoms with Crippen molar-refractivity contribution in [3.8, 4) is 17.2 Å². The van der Waals surface area contributed by atoms with Gasteiger partial charge in [0, 0.05) is 22.0 Å². The van der Waals surface area contributed by atoms with Gasteiger partial charge >= 0.3 is 0 Å². The molecule has 438 valence electrons. The average Bonchev–Trinajstić information content (AvgIpc) is 4.36. The number of rotatable bonds is 11. The van der Waals surface area contributed by atoms with E-state index in [9.17, 15) is 9.13 Å². The Morgan fingerprint density at radius 2 is 0.857 bits per heavy atom. The van der Waals surface area contributed by atoms with E-state index in [1.54, 1.807) is 77.8 Å². The first-order valence-corrected chi connectivity index (χ1v) is 31.8. The van der Waals surface area contributed by atoms with Gasteiger partial charge in [-0.1, -0.05) is 36.4 Å². The molecule has 0 saturated carbocycles. The summed E-state index contributed by atoms with van der Waals surface area (Å²) >= 11 is 3.33. The summed E-state index contributed by atoms with van der Waals surface area (Å²) in [6.07, 6.45) is 0. The maximum absolute atomic E-state index is 12.4. The molecule has 84 heavy (non-hydrogen) atoms. The SMILES string of the molecule is COc1ccccc1Br.COc1ccccc1Nc1nc(C)nc2nc(C)nn12.COc1ccccc1Nc1nc(Nc2ccc(P(C)(C)=O)cc2C)nc2nc(C)nn12.Cc1cc(P(C)(C)=O)ccc1N.Cc1nc(N)n2nc(C)nc2n1. The zero-order chi connectivity index (χ0) is 61.0. The largest absolute Gasteiger partial charge is 0.496 e. The quantitative estimate of drug-likeness (QED) is 0.0594. The highest BCUT2D eigenvalue weighted by atomic mass is 79.9. The Labute approximate surface area is 494 Å². The molecular formula is C56H67BrN20O5P2. The first-order chi connectivity index (χ1) is 39.8. The van der Waals surface area contributed by atoms with E-state index < -0.39 is 14.3 Å². The summed E-state index contributed by atoms with van der Waals surface area (Å²) in [6.45, 7) is 19.9. The second kappa shape index (κ2) is 27.3. The van der Waals surface area contributed by atoms with E-state index in [0.29, 0.717) is 76.0 Å². The monoisotopic (exact) mass is 1240 g/mol. The fraction of sp³-hybridized carbons (Fsp3) is 0.250. The number of para-hydroxylation sites is 5. The molecule has 5 aromatic carbocycles. The van der Waals surface area contributed by atoms with Crippen molar-refractivity contribution in [3.05, 3.63) is 154 Å². The van der Waals surface area contributed by atoms with Crippen LogP contribution in [0.15, 0.2) is 114 Å². The molecule has 11 rings (SSSR count). The summed E-state index contributed by atoms with van der Waals surface area (Å²) in [5, 5.41) is 24.1. The molecule has 0 unspecified atom stereocenters. The second-order valence-corrected chi connectivity index (χ2v) is 26.6. The minimum absolute atomic E-state index is 0.318. The number of nitrogen functional groups attached to an aromatic ring is 2. The van der Waals surface area contributed by atoms with Crippen molar-refractivity contribution in [3.63, 3.8) is 0 Å². The molecule has 0 radical (unpaired) electrons. The third-order valence-corrected chi connectivity index (χ3v) is 15.6. The normalized spacial score (nSPS) is 11.0. The molecule has 6 aromatic heterocycles. The molecular weight excluding hydrogens is 1170 g/mol. The third-order valence-electron chi connectivity index (χ3n) is 11.9. The van der Waals surface area contributed by atoms with Gasteiger partial charge in [0.05, 0.1) is 37.2 Å². The number of halogens is 1. The van der Waals surface area contributed by atoms with E-state index in [2.05, 4.69) is 92.0 Å². The number of hydrogen-bond acceptors (Lipinski definition) is 22. The van der Waals surface area contributed by atoms with Crippen molar-refractivity contribution in [1.82, 2.24) is 73.7 Å². The van der Waals surface area contributed by atoms with E-state index in [0.717, 1.165) is 60.5 Å². The summed E-state index contributed by atoms with van der Waals surface area (Å²) < 4.78 is 45.3. The van der Waals surface area contributed by atoms with Crippen molar-refractivity contribution in [2.75, 3.05) is 75.4 Å². The summed E-state index contributed by atoms with van der Waals surface area (Å²) in [4.78, 5) is 38.4. The molecule has 0 bridgehead atoms. The van der Waals surface area contributed by atoms with Gasteiger partial charge < -0.3 is 50.8 Å². The van der Waals surface area contributed by atoms with Crippen LogP contribution in [-0.2, 0) is 9.13 Å². The van der Waals surface area contributed by atoms with Gasteiger partial charge in [-0.3, -0.25) is 0 Å². The molecule has 0 aliphatic rings. The fourth-order valence-electron chi connectivity index (χ4n) is 7.69. The van der Waals surface area contributed by atoms with Crippen molar-refractivity contribution in [1.29, 1.82) is 0 Å². The van der Waals surface area contributed by atoms with E-state index >= 15 is 0 Å². The van der Waals surface area contributed by atoms with Gasteiger partial charge in [0.2, 0.25) is 23.8 Å². The highest BCUT2D eigenvalue weighted by Crippen LogP contribution is 2.37. The van der Waals surface area contributed by atoms with Crippen molar-refractivity contribution in [2.45, 2.75) is 48.5 Å². The summed E-state index contributed by atoms with van der Waals surface area (Å²) in [5.41, 5.74) is 16.3. The van der Waals surface area contributed by atoms with Gasteiger partial charge in [-0.15, -0.1) is 15.3 Å². The molecule has 7 N–H and O–H groups in total. The Bertz CT molecular complexity index is 4200. The zero-order valence-electron chi connectivity index (χ0n) is 49.1.